The molecule has 0 saturated heterocycles. The summed E-state index contributed by atoms with van der Waals surface area (Å²) in [7, 11) is 0. The van der Waals surface area contributed by atoms with Gasteiger partial charge in [0.1, 0.15) is 17.5 Å². The van der Waals surface area contributed by atoms with E-state index in [1.807, 2.05) is 6.92 Å². The zero-order valence-corrected chi connectivity index (χ0v) is 11.8. The van der Waals surface area contributed by atoms with Crippen molar-refractivity contribution in [2.45, 2.75) is 39.5 Å². The van der Waals surface area contributed by atoms with Crippen LogP contribution in [0.25, 0.3) is 0 Å². The number of hydrazine groups is 1. The number of anilines is 2. The monoisotopic (exact) mass is 261 g/mol. The molecule has 0 unspecified atom stereocenters. The molecule has 0 radical (unpaired) electrons. The van der Waals surface area contributed by atoms with Gasteiger partial charge in [-0.3, -0.25) is 0 Å². The lowest BCUT2D eigenvalue weighted by Crippen LogP contribution is -2.30. The second-order valence-corrected chi connectivity index (χ2v) is 6.00. The first-order chi connectivity index (χ1) is 9.17. The molecule has 0 aromatic carbocycles. The molecule has 0 amide bonds. The Hall–Kier alpha value is -1.36. The van der Waals surface area contributed by atoms with Gasteiger partial charge < -0.3 is 10.3 Å². The number of nitrogens with one attached hydrogen (secondary N) is 1. The Kier molecular flexibility index (Phi) is 3.31. The summed E-state index contributed by atoms with van der Waals surface area (Å²) in [6.07, 6.45) is 5.47. The molecule has 2 aliphatic carbocycles. The molecule has 5 heteroatoms. The first-order valence-electron chi connectivity index (χ1n) is 7.24. The highest BCUT2D eigenvalue weighted by molar-refractivity contribution is 5.58. The molecule has 2 aliphatic rings. The molecule has 0 atom stereocenters. The Morgan fingerprint density at radius 2 is 1.68 bits per heavy atom. The van der Waals surface area contributed by atoms with Crippen LogP contribution in [-0.4, -0.2) is 23.1 Å². The highest BCUT2D eigenvalue weighted by Crippen LogP contribution is 2.36. The third-order valence-corrected chi connectivity index (χ3v) is 4.02. The molecule has 3 rings (SSSR count). The summed E-state index contributed by atoms with van der Waals surface area (Å²) in [5.41, 5.74) is 3.76. The van der Waals surface area contributed by atoms with E-state index < -0.39 is 0 Å². The topological polar surface area (TPSA) is 67.1 Å². The minimum Gasteiger partial charge on any atom is -0.356 e. The van der Waals surface area contributed by atoms with E-state index in [0.717, 1.165) is 47.9 Å². The van der Waals surface area contributed by atoms with E-state index in [2.05, 4.69) is 27.2 Å². The fraction of sp³-hybridized carbons (Fsp3) is 0.714. The lowest BCUT2D eigenvalue weighted by molar-refractivity contribution is 0.667. The second-order valence-electron chi connectivity index (χ2n) is 6.00. The summed E-state index contributed by atoms with van der Waals surface area (Å²) in [5, 5.41) is 0. The molecule has 19 heavy (non-hydrogen) atoms. The van der Waals surface area contributed by atoms with E-state index in [4.69, 9.17) is 5.84 Å². The fourth-order valence-electron chi connectivity index (χ4n) is 2.53. The Balaban J connectivity index is 1.88. The third kappa shape index (κ3) is 2.97. The number of aromatic nitrogens is 2. The van der Waals surface area contributed by atoms with Gasteiger partial charge in [-0.15, -0.1) is 0 Å². The predicted molar refractivity (Wildman–Crippen MR) is 77.0 cm³/mol. The average molecular weight is 261 g/mol. The van der Waals surface area contributed by atoms with Crippen molar-refractivity contribution in [3.63, 3.8) is 0 Å². The van der Waals surface area contributed by atoms with E-state index in [1.165, 1.54) is 25.7 Å². The molecule has 104 valence electrons. The first-order valence-corrected chi connectivity index (χ1v) is 7.24. The van der Waals surface area contributed by atoms with Gasteiger partial charge in [-0.2, -0.15) is 0 Å². The SMILES string of the molecule is Cc1nc(NN)c(C)c(N(CC2CC2)CC2CC2)n1. The van der Waals surface area contributed by atoms with Gasteiger partial charge in [0.2, 0.25) is 0 Å². The standard InChI is InChI=1S/C14H23N5/c1-9-13(18-15)16-10(2)17-14(9)19(7-11-3-4-11)8-12-5-6-12/h11-12H,3-8,15H2,1-2H3,(H,16,17,18). The highest BCUT2D eigenvalue weighted by atomic mass is 15.3. The number of nitrogens with zero attached hydrogens (tertiary/aromatic N) is 3. The van der Waals surface area contributed by atoms with E-state index >= 15 is 0 Å². The molecule has 3 N–H and O–H groups in total. The molecule has 1 aromatic rings. The van der Waals surface area contributed by atoms with Crippen LogP contribution in [0.3, 0.4) is 0 Å². The lowest BCUT2D eigenvalue weighted by atomic mass is 10.2. The summed E-state index contributed by atoms with van der Waals surface area (Å²) in [5.74, 6) is 9.88. The van der Waals surface area contributed by atoms with Gasteiger partial charge >= 0.3 is 0 Å². The van der Waals surface area contributed by atoms with Gasteiger partial charge in [0, 0.05) is 18.7 Å². The van der Waals surface area contributed by atoms with Crippen LogP contribution in [0.4, 0.5) is 11.6 Å². The van der Waals surface area contributed by atoms with Gasteiger partial charge in [-0.1, -0.05) is 0 Å². The first kappa shape index (κ1) is 12.7. The Bertz CT molecular complexity index is 451. The van der Waals surface area contributed by atoms with Crippen molar-refractivity contribution >= 4 is 11.6 Å². The maximum atomic E-state index is 5.56. The Labute approximate surface area is 114 Å². The van der Waals surface area contributed by atoms with Crippen LogP contribution in [0.15, 0.2) is 0 Å². The van der Waals surface area contributed by atoms with Gasteiger partial charge in [-0.25, -0.2) is 15.8 Å². The van der Waals surface area contributed by atoms with Crippen LogP contribution >= 0.6 is 0 Å². The Morgan fingerprint density at radius 1 is 1.11 bits per heavy atom. The van der Waals surface area contributed by atoms with E-state index in [-0.39, 0.29) is 0 Å². The van der Waals surface area contributed by atoms with Crippen molar-refractivity contribution in [3.05, 3.63) is 11.4 Å². The second kappa shape index (κ2) is 4.96. The van der Waals surface area contributed by atoms with Crippen LogP contribution in [0.5, 0.6) is 0 Å². The minimum absolute atomic E-state index is 0.749. The molecule has 2 saturated carbocycles. The zero-order valence-electron chi connectivity index (χ0n) is 11.8. The quantitative estimate of drug-likeness (QED) is 0.605. The minimum atomic E-state index is 0.749. The van der Waals surface area contributed by atoms with Crippen molar-refractivity contribution in [1.29, 1.82) is 0 Å². The molecule has 1 aromatic heterocycles. The molecule has 2 fully saturated rings. The number of aryl methyl sites for hydroxylation is 1. The maximum absolute atomic E-state index is 5.56. The average Bonchev–Trinajstić information content (AvgIpc) is 3.26. The van der Waals surface area contributed by atoms with Crippen LogP contribution in [0.2, 0.25) is 0 Å². The van der Waals surface area contributed by atoms with Crippen molar-refractivity contribution in [2.75, 3.05) is 23.4 Å². The summed E-state index contributed by atoms with van der Waals surface area (Å²) in [4.78, 5) is 11.5. The highest BCUT2D eigenvalue weighted by Gasteiger charge is 2.31. The van der Waals surface area contributed by atoms with E-state index in [9.17, 15) is 0 Å². The normalized spacial score (nSPS) is 18.5. The van der Waals surface area contributed by atoms with Gasteiger partial charge in [0.15, 0.2) is 0 Å². The summed E-state index contributed by atoms with van der Waals surface area (Å²) in [6, 6.07) is 0. The van der Waals surface area contributed by atoms with Crippen molar-refractivity contribution < 1.29 is 0 Å². The Morgan fingerprint density at radius 3 is 2.16 bits per heavy atom. The van der Waals surface area contributed by atoms with Crippen LogP contribution in [0, 0.1) is 25.7 Å². The molecule has 0 bridgehead atoms. The van der Waals surface area contributed by atoms with Crippen molar-refractivity contribution in [2.24, 2.45) is 17.7 Å². The predicted octanol–water partition coefficient (Wildman–Crippen LogP) is 2.01. The number of hydrogen-bond donors (Lipinski definition) is 2. The van der Waals surface area contributed by atoms with Gasteiger partial charge in [0.25, 0.3) is 0 Å². The molecule has 0 spiro atoms. The molecule has 0 aliphatic heterocycles. The number of rotatable bonds is 6. The largest absolute Gasteiger partial charge is 0.356 e. The van der Waals surface area contributed by atoms with E-state index in [1.54, 1.807) is 0 Å². The van der Waals surface area contributed by atoms with Gasteiger partial charge in [-0.05, 0) is 51.4 Å². The smallest absolute Gasteiger partial charge is 0.148 e. The van der Waals surface area contributed by atoms with Crippen LogP contribution in [0.1, 0.15) is 37.1 Å². The zero-order chi connectivity index (χ0) is 13.4. The molecular weight excluding hydrogens is 238 g/mol. The summed E-state index contributed by atoms with van der Waals surface area (Å²) in [6.45, 7) is 6.25. The molecule has 5 nitrogen and oxygen atoms in total. The number of nitrogens with two attached hydrogens (primary N) is 1. The lowest BCUT2D eigenvalue weighted by Gasteiger charge is -2.26. The number of hydrogen-bond acceptors (Lipinski definition) is 5. The molecule has 1 heterocycles. The van der Waals surface area contributed by atoms with E-state index in [0.29, 0.717) is 0 Å². The van der Waals surface area contributed by atoms with Crippen molar-refractivity contribution in [1.82, 2.24) is 9.97 Å². The van der Waals surface area contributed by atoms with Gasteiger partial charge in [0.05, 0.1) is 0 Å². The third-order valence-electron chi connectivity index (χ3n) is 4.02. The molecular formula is C14H23N5. The summed E-state index contributed by atoms with van der Waals surface area (Å²) >= 11 is 0. The summed E-state index contributed by atoms with van der Waals surface area (Å²) < 4.78 is 0. The van der Waals surface area contributed by atoms with Crippen LogP contribution in [-0.2, 0) is 0 Å². The van der Waals surface area contributed by atoms with Crippen LogP contribution < -0.4 is 16.2 Å². The van der Waals surface area contributed by atoms with Crippen molar-refractivity contribution in [3.8, 4) is 0 Å². The fourth-order valence-corrected chi connectivity index (χ4v) is 2.53. The number of nitrogen functional groups attached to an aromatic ring is 1. The maximum Gasteiger partial charge on any atom is 0.148 e.